The quantitative estimate of drug-likeness (QED) is 0.864. The molecule has 0 N–H and O–H groups in total. The highest BCUT2D eigenvalue weighted by atomic mass is 79.9. The van der Waals surface area contributed by atoms with Crippen LogP contribution in [0.25, 0.3) is 11.3 Å². The Morgan fingerprint density at radius 3 is 2.44 bits per heavy atom. The van der Waals surface area contributed by atoms with Crippen molar-refractivity contribution < 1.29 is 17.9 Å². The van der Waals surface area contributed by atoms with Crippen molar-refractivity contribution in [3.63, 3.8) is 0 Å². The lowest BCUT2D eigenvalue weighted by Crippen LogP contribution is -2.06. The molecule has 3 nitrogen and oxygen atoms in total. The molecular formula is C11H8BrF3N2O. The van der Waals surface area contributed by atoms with Gasteiger partial charge in [0.25, 0.3) is 0 Å². The molecule has 0 saturated carbocycles. The SMILES string of the molecule is Cn1nc(-c2ccc(F)cc2)c(Br)c1OC(F)F. The van der Waals surface area contributed by atoms with Crippen molar-refractivity contribution in [2.24, 2.45) is 7.05 Å². The van der Waals surface area contributed by atoms with E-state index >= 15 is 0 Å². The summed E-state index contributed by atoms with van der Waals surface area (Å²) in [5.41, 5.74) is 1.01. The fourth-order valence-corrected chi connectivity index (χ4v) is 2.15. The molecule has 18 heavy (non-hydrogen) atoms. The molecule has 96 valence electrons. The average molecular weight is 321 g/mol. The Labute approximate surface area is 109 Å². The van der Waals surface area contributed by atoms with Gasteiger partial charge in [0.05, 0.1) is 0 Å². The van der Waals surface area contributed by atoms with Gasteiger partial charge in [0.15, 0.2) is 0 Å². The number of hydrogen-bond acceptors (Lipinski definition) is 2. The van der Waals surface area contributed by atoms with Crippen molar-refractivity contribution in [2.45, 2.75) is 6.61 Å². The molecule has 0 spiro atoms. The second-order valence-electron chi connectivity index (χ2n) is 3.48. The first-order valence-corrected chi connectivity index (χ1v) is 5.71. The van der Waals surface area contributed by atoms with Gasteiger partial charge in [-0.3, -0.25) is 0 Å². The van der Waals surface area contributed by atoms with Crippen LogP contribution in [0, 0.1) is 5.82 Å². The maximum Gasteiger partial charge on any atom is 0.388 e. The fourth-order valence-electron chi connectivity index (χ4n) is 1.49. The summed E-state index contributed by atoms with van der Waals surface area (Å²) in [5.74, 6) is -0.459. The highest BCUT2D eigenvalue weighted by Crippen LogP contribution is 2.35. The number of benzene rings is 1. The first-order chi connectivity index (χ1) is 8.49. The summed E-state index contributed by atoms with van der Waals surface area (Å²) in [4.78, 5) is 0. The van der Waals surface area contributed by atoms with E-state index in [1.165, 1.54) is 36.0 Å². The van der Waals surface area contributed by atoms with Gasteiger partial charge in [-0.25, -0.2) is 9.07 Å². The van der Waals surface area contributed by atoms with Crippen molar-refractivity contribution >= 4 is 15.9 Å². The lowest BCUT2D eigenvalue weighted by atomic mass is 10.1. The van der Waals surface area contributed by atoms with E-state index in [9.17, 15) is 13.2 Å². The summed E-state index contributed by atoms with van der Waals surface area (Å²) >= 11 is 3.15. The third kappa shape index (κ3) is 2.50. The van der Waals surface area contributed by atoms with Gasteiger partial charge in [-0.05, 0) is 40.2 Å². The first-order valence-electron chi connectivity index (χ1n) is 4.92. The Kier molecular flexibility index (Phi) is 3.60. The normalized spacial score (nSPS) is 11.0. The van der Waals surface area contributed by atoms with Gasteiger partial charge in [0.1, 0.15) is 16.0 Å². The smallest absolute Gasteiger partial charge is 0.388 e. The van der Waals surface area contributed by atoms with Gasteiger partial charge in [-0.2, -0.15) is 13.9 Å². The Hall–Kier alpha value is -1.50. The van der Waals surface area contributed by atoms with Gasteiger partial charge in [0, 0.05) is 12.6 Å². The average Bonchev–Trinajstić information content (AvgIpc) is 2.58. The number of alkyl halides is 2. The predicted molar refractivity (Wildman–Crippen MR) is 62.9 cm³/mol. The molecule has 0 unspecified atom stereocenters. The minimum atomic E-state index is -2.93. The van der Waals surface area contributed by atoms with Crippen molar-refractivity contribution in [3.05, 3.63) is 34.6 Å². The summed E-state index contributed by atoms with van der Waals surface area (Å²) in [6.07, 6.45) is 0. The van der Waals surface area contributed by atoms with Gasteiger partial charge in [-0.15, -0.1) is 0 Å². The van der Waals surface area contributed by atoms with E-state index in [0.717, 1.165) is 0 Å². The van der Waals surface area contributed by atoms with Crippen molar-refractivity contribution in [1.29, 1.82) is 0 Å². The number of aromatic nitrogens is 2. The molecular weight excluding hydrogens is 313 g/mol. The predicted octanol–water partition coefficient (Wildman–Crippen LogP) is 3.59. The molecule has 0 bridgehead atoms. The molecule has 2 aromatic rings. The van der Waals surface area contributed by atoms with Crippen molar-refractivity contribution in [1.82, 2.24) is 9.78 Å². The molecule has 1 aromatic heterocycles. The number of nitrogens with zero attached hydrogens (tertiary/aromatic N) is 2. The third-order valence-electron chi connectivity index (χ3n) is 2.26. The van der Waals surface area contributed by atoms with E-state index in [-0.39, 0.29) is 11.7 Å². The van der Waals surface area contributed by atoms with Crippen LogP contribution >= 0.6 is 15.9 Å². The lowest BCUT2D eigenvalue weighted by Gasteiger charge is -2.03. The van der Waals surface area contributed by atoms with E-state index in [2.05, 4.69) is 25.8 Å². The minimum absolute atomic E-state index is 0.0793. The summed E-state index contributed by atoms with van der Waals surface area (Å²) in [6, 6.07) is 5.55. The minimum Gasteiger partial charge on any atom is -0.416 e. The van der Waals surface area contributed by atoms with Crippen LogP contribution in [0.15, 0.2) is 28.7 Å². The zero-order valence-corrected chi connectivity index (χ0v) is 10.8. The topological polar surface area (TPSA) is 27.1 Å². The zero-order chi connectivity index (χ0) is 13.3. The lowest BCUT2D eigenvalue weighted by molar-refractivity contribution is -0.0558. The van der Waals surface area contributed by atoms with Crippen LogP contribution in [0.1, 0.15) is 0 Å². The second kappa shape index (κ2) is 5.01. The number of halogens is 4. The van der Waals surface area contributed by atoms with E-state index in [0.29, 0.717) is 15.7 Å². The molecule has 0 atom stereocenters. The summed E-state index contributed by atoms with van der Waals surface area (Å²) in [6.45, 7) is -2.93. The molecule has 0 aliphatic rings. The molecule has 7 heteroatoms. The standard InChI is InChI=1S/C11H8BrF3N2O/c1-17-10(18-11(14)15)8(12)9(16-17)6-2-4-7(13)5-3-6/h2-5,11H,1H3. The Balaban J connectivity index is 2.43. The Morgan fingerprint density at radius 1 is 1.28 bits per heavy atom. The van der Waals surface area contributed by atoms with Gasteiger partial charge < -0.3 is 4.74 Å². The first kappa shape index (κ1) is 12.9. The van der Waals surface area contributed by atoms with Crippen LogP contribution in [0.3, 0.4) is 0 Å². The van der Waals surface area contributed by atoms with Crippen LogP contribution in [-0.2, 0) is 7.05 Å². The molecule has 1 heterocycles. The molecule has 0 fully saturated rings. The molecule has 0 aliphatic carbocycles. The highest BCUT2D eigenvalue weighted by Gasteiger charge is 2.19. The largest absolute Gasteiger partial charge is 0.416 e. The summed E-state index contributed by atoms with van der Waals surface area (Å²) in [7, 11) is 1.48. The van der Waals surface area contributed by atoms with Crippen LogP contribution < -0.4 is 4.74 Å². The van der Waals surface area contributed by atoms with Crippen molar-refractivity contribution in [2.75, 3.05) is 0 Å². The van der Waals surface area contributed by atoms with E-state index in [1.807, 2.05) is 0 Å². The molecule has 0 radical (unpaired) electrons. The monoisotopic (exact) mass is 320 g/mol. The molecule has 0 aliphatic heterocycles. The van der Waals surface area contributed by atoms with Crippen molar-refractivity contribution in [3.8, 4) is 17.1 Å². The second-order valence-corrected chi connectivity index (χ2v) is 4.27. The Morgan fingerprint density at radius 2 is 1.89 bits per heavy atom. The third-order valence-corrected chi connectivity index (χ3v) is 2.97. The van der Waals surface area contributed by atoms with E-state index in [1.54, 1.807) is 0 Å². The van der Waals surface area contributed by atoms with Gasteiger partial charge in [-0.1, -0.05) is 0 Å². The fraction of sp³-hybridized carbons (Fsp3) is 0.182. The van der Waals surface area contributed by atoms with E-state index in [4.69, 9.17) is 0 Å². The van der Waals surface area contributed by atoms with Gasteiger partial charge >= 0.3 is 6.61 Å². The van der Waals surface area contributed by atoms with Crippen LogP contribution in [0.5, 0.6) is 5.88 Å². The van der Waals surface area contributed by atoms with Gasteiger partial charge in [0.2, 0.25) is 5.88 Å². The molecule has 0 amide bonds. The molecule has 2 rings (SSSR count). The molecule has 0 saturated heterocycles. The van der Waals surface area contributed by atoms with Crippen LogP contribution in [0.4, 0.5) is 13.2 Å². The highest BCUT2D eigenvalue weighted by molar-refractivity contribution is 9.10. The number of hydrogen-bond donors (Lipinski definition) is 0. The summed E-state index contributed by atoms with van der Waals surface area (Å²) in [5, 5.41) is 4.05. The zero-order valence-electron chi connectivity index (χ0n) is 9.20. The summed E-state index contributed by atoms with van der Waals surface area (Å²) < 4.78 is 43.1. The van der Waals surface area contributed by atoms with Crippen LogP contribution in [-0.4, -0.2) is 16.4 Å². The number of ether oxygens (including phenoxy) is 1. The number of rotatable bonds is 3. The Bertz CT molecular complexity index is 554. The van der Waals surface area contributed by atoms with Crippen LogP contribution in [0.2, 0.25) is 0 Å². The maximum absolute atomic E-state index is 12.8. The number of aryl methyl sites for hydroxylation is 1. The maximum atomic E-state index is 12.8. The van der Waals surface area contributed by atoms with E-state index < -0.39 is 6.61 Å². The molecule has 1 aromatic carbocycles.